The predicted octanol–water partition coefficient (Wildman–Crippen LogP) is 3.61. The average Bonchev–Trinajstić information content (AvgIpc) is 2.53. The van der Waals surface area contributed by atoms with Crippen LogP contribution in [-0.4, -0.2) is 50.2 Å². The summed E-state index contributed by atoms with van der Waals surface area (Å²) in [5, 5.41) is 10.8. The third-order valence-electron chi connectivity index (χ3n) is 4.34. The van der Waals surface area contributed by atoms with Crippen molar-refractivity contribution in [2.24, 2.45) is 0 Å². The minimum Gasteiger partial charge on any atom is -0.550 e. The van der Waals surface area contributed by atoms with Gasteiger partial charge < -0.3 is 19.1 Å². The number of rotatable bonds is 17. The third-order valence-corrected chi connectivity index (χ3v) is 4.34. The lowest BCUT2D eigenvalue weighted by Gasteiger charge is -2.29. The van der Waals surface area contributed by atoms with Crippen molar-refractivity contribution in [3.8, 4) is 0 Å². The molecule has 0 saturated carbocycles. The van der Waals surface area contributed by atoms with Gasteiger partial charge in [0.25, 0.3) is 0 Å². The van der Waals surface area contributed by atoms with Crippen molar-refractivity contribution < 1.29 is 23.9 Å². The smallest absolute Gasteiger partial charge is 0.306 e. The van der Waals surface area contributed by atoms with Crippen LogP contribution in [-0.2, 0) is 14.3 Å². The van der Waals surface area contributed by atoms with Crippen LogP contribution in [0, 0.1) is 0 Å². The normalized spacial score (nSPS) is 13.0. The highest BCUT2D eigenvalue weighted by atomic mass is 16.5. The summed E-state index contributed by atoms with van der Waals surface area (Å²) in [7, 11) is 5.81. The van der Waals surface area contributed by atoms with Crippen LogP contribution in [0.4, 0.5) is 0 Å². The summed E-state index contributed by atoms with van der Waals surface area (Å²) in [4.78, 5) is 22.8. The number of hydrogen-bond acceptors (Lipinski definition) is 4. The molecule has 0 aromatic rings. The number of carbonyl (C=O) groups excluding carboxylic acids is 2. The molecule has 0 radical (unpaired) electrons. The molecule has 0 saturated heterocycles. The molecule has 158 valence electrons. The van der Waals surface area contributed by atoms with Crippen molar-refractivity contribution in [3.63, 3.8) is 0 Å². The number of likely N-dealkylation sites (N-methyl/N-ethyl adjacent to an activating group) is 1. The van der Waals surface area contributed by atoms with Gasteiger partial charge in [-0.1, -0.05) is 57.6 Å². The first-order valence-corrected chi connectivity index (χ1v) is 10.6. The molecule has 1 atom stereocenters. The van der Waals surface area contributed by atoms with Gasteiger partial charge in [-0.15, -0.1) is 0 Å². The Morgan fingerprint density at radius 3 is 2.04 bits per heavy atom. The lowest BCUT2D eigenvalue weighted by Crippen LogP contribution is -2.45. The fourth-order valence-electron chi connectivity index (χ4n) is 3.00. The number of carboxylic acid groups (broad SMARTS) is 1. The number of allylic oxidation sites excluding steroid dienone is 2. The maximum Gasteiger partial charge on any atom is 0.306 e. The van der Waals surface area contributed by atoms with E-state index in [2.05, 4.69) is 19.1 Å². The molecule has 0 aliphatic rings. The summed E-state index contributed by atoms with van der Waals surface area (Å²) in [6, 6.07) is 0. The molecular weight excluding hydrogens is 342 g/mol. The molecular formula is C22H41NO4. The first-order chi connectivity index (χ1) is 12.7. The molecule has 0 rings (SSSR count). The number of carboxylic acids is 1. The molecule has 0 aliphatic heterocycles. The minimum atomic E-state index is -1.19. The van der Waals surface area contributed by atoms with Crippen molar-refractivity contribution in [2.75, 3.05) is 27.7 Å². The van der Waals surface area contributed by atoms with Gasteiger partial charge in [-0.05, 0) is 25.7 Å². The van der Waals surface area contributed by atoms with E-state index < -0.39 is 12.1 Å². The lowest BCUT2D eigenvalue weighted by molar-refractivity contribution is -0.873. The van der Waals surface area contributed by atoms with Gasteiger partial charge in [0.15, 0.2) is 6.10 Å². The van der Waals surface area contributed by atoms with Crippen LogP contribution < -0.4 is 5.11 Å². The summed E-state index contributed by atoms with van der Waals surface area (Å²) in [5.41, 5.74) is 0. The summed E-state index contributed by atoms with van der Waals surface area (Å²) in [6.07, 6.45) is 15.7. The van der Waals surface area contributed by atoms with Gasteiger partial charge in [0.05, 0.1) is 21.1 Å². The van der Waals surface area contributed by atoms with E-state index in [4.69, 9.17) is 4.74 Å². The lowest BCUT2D eigenvalue weighted by atomic mass is 10.1. The van der Waals surface area contributed by atoms with E-state index in [9.17, 15) is 14.7 Å². The molecule has 0 amide bonds. The zero-order valence-corrected chi connectivity index (χ0v) is 18.0. The summed E-state index contributed by atoms with van der Waals surface area (Å²) in [5.74, 6) is -1.51. The van der Waals surface area contributed by atoms with E-state index in [1.54, 1.807) is 0 Å². The quantitative estimate of drug-likeness (QED) is 0.167. The minimum absolute atomic E-state index is 0.250. The number of ether oxygens (including phenoxy) is 1. The van der Waals surface area contributed by atoms with E-state index in [1.807, 2.05) is 21.1 Å². The average molecular weight is 384 g/mol. The number of nitrogens with zero attached hydrogens (tertiary/aromatic N) is 1. The first-order valence-electron chi connectivity index (χ1n) is 10.6. The van der Waals surface area contributed by atoms with Crippen LogP contribution in [0.15, 0.2) is 12.2 Å². The van der Waals surface area contributed by atoms with Gasteiger partial charge in [-0.25, -0.2) is 0 Å². The van der Waals surface area contributed by atoms with E-state index in [0.29, 0.717) is 17.4 Å². The summed E-state index contributed by atoms with van der Waals surface area (Å²) < 4.78 is 5.87. The molecule has 0 bridgehead atoms. The van der Waals surface area contributed by atoms with E-state index in [-0.39, 0.29) is 12.4 Å². The van der Waals surface area contributed by atoms with Crippen LogP contribution in [0.25, 0.3) is 0 Å². The largest absolute Gasteiger partial charge is 0.550 e. The number of unbranched alkanes of at least 4 members (excludes halogenated alkanes) is 8. The van der Waals surface area contributed by atoms with Gasteiger partial charge in [0.2, 0.25) is 0 Å². The van der Waals surface area contributed by atoms with Gasteiger partial charge >= 0.3 is 5.97 Å². The van der Waals surface area contributed by atoms with Crippen LogP contribution >= 0.6 is 0 Å². The van der Waals surface area contributed by atoms with Crippen molar-refractivity contribution in [1.82, 2.24) is 0 Å². The second-order valence-electron chi connectivity index (χ2n) is 8.43. The SMILES string of the molecule is CCCCCCCCC/C=C/CCCC(=O)OC(CC(=O)[O-])C[N+](C)(C)C. The van der Waals surface area contributed by atoms with Crippen LogP contribution in [0.3, 0.4) is 0 Å². The monoisotopic (exact) mass is 383 g/mol. The van der Waals surface area contributed by atoms with E-state index in [0.717, 1.165) is 19.3 Å². The van der Waals surface area contributed by atoms with Gasteiger partial charge in [0.1, 0.15) is 6.54 Å². The molecule has 0 fully saturated rings. The predicted molar refractivity (Wildman–Crippen MR) is 108 cm³/mol. The second kappa shape index (κ2) is 15.7. The Balaban J connectivity index is 3.80. The number of carbonyl (C=O) groups is 2. The summed E-state index contributed by atoms with van der Waals surface area (Å²) in [6.45, 7) is 2.69. The van der Waals surface area contributed by atoms with E-state index >= 15 is 0 Å². The number of quaternary nitrogens is 1. The number of hydrogen-bond donors (Lipinski definition) is 0. The molecule has 27 heavy (non-hydrogen) atoms. The molecule has 0 spiro atoms. The highest BCUT2D eigenvalue weighted by Crippen LogP contribution is 2.10. The fourth-order valence-corrected chi connectivity index (χ4v) is 3.00. The Kier molecular flexibility index (Phi) is 14.9. The Morgan fingerprint density at radius 1 is 0.926 bits per heavy atom. The standard InChI is InChI=1S/C22H41NO4/c1-5-6-7-8-9-10-11-12-13-14-15-16-17-22(26)27-20(18-21(24)25)19-23(2,3)4/h13-14,20H,5-12,15-19H2,1-4H3/b14-13+. The topological polar surface area (TPSA) is 66.4 Å². The summed E-state index contributed by atoms with van der Waals surface area (Å²) >= 11 is 0. The van der Waals surface area contributed by atoms with Crippen LogP contribution in [0.2, 0.25) is 0 Å². The van der Waals surface area contributed by atoms with Crippen molar-refractivity contribution in [1.29, 1.82) is 0 Å². The molecule has 5 nitrogen and oxygen atoms in total. The molecule has 0 heterocycles. The Bertz CT molecular complexity index is 427. The van der Waals surface area contributed by atoms with Crippen molar-refractivity contribution >= 4 is 11.9 Å². The first kappa shape index (κ1) is 25.6. The van der Waals surface area contributed by atoms with Crippen molar-refractivity contribution in [3.05, 3.63) is 12.2 Å². The highest BCUT2D eigenvalue weighted by molar-refractivity contribution is 5.70. The van der Waals surface area contributed by atoms with Crippen molar-refractivity contribution in [2.45, 2.75) is 90.1 Å². The molecule has 5 heteroatoms. The maximum absolute atomic E-state index is 11.9. The molecule has 0 aromatic heterocycles. The Hall–Kier alpha value is -1.36. The van der Waals surface area contributed by atoms with Gasteiger partial charge in [-0.3, -0.25) is 4.79 Å². The highest BCUT2D eigenvalue weighted by Gasteiger charge is 2.22. The van der Waals surface area contributed by atoms with Gasteiger partial charge in [-0.2, -0.15) is 0 Å². The zero-order chi connectivity index (χ0) is 20.5. The molecule has 0 aromatic carbocycles. The number of esters is 1. The molecule has 0 aliphatic carbocycles. The number of aliphatic carboxylic acids is 1. The maximum atomic E-state index is 11.9. The third kappa shape index (κ3) is 19.2. The van der Waals surface area contributed by atoms with Gasteiger partial charge in [0, 0.05) is 18.8 Å². The Labute approximate surface area is 166 Å². The molecule has 1 unspecified atom stereocenters. The Morgan fingerprint density at radius 2 is 1.48 bits per heavy atom. The molecule has 0 N–H and O–H groups in total. The second-order valence-corrected chi connectivity index (χ2v) is 8.43. The fraction of sp³-hybridized carbons (Fsp3) is 0.818. The van der Waals surface area contributed by atoms with E-state index in [1.165, 1.54) is 44.9 Å². The van der Waals surface area contributed by atoms with Crippen LogP contribution in [0.1, 0.15) is 84.0 Å². The zero-order valence-electron chi connectivity index (χ0n) is 18.0. The van der Waals surface area contributed by atoms with Crippen LogP contribution in [0.5, 0.6) is 0 Å².